The van der Waals surface area contributed by atoms with Crippen LogP contribution in [0.15, 0.2) is 29.3 Å². The predicted molar refractivity (Wildman–Crippen MR) is 102 cm³/mol. The Morgan fingerprint density at radius 3 is 2.72 bits per heavy atom. The molecule has 29 heavy (non-hydrogen) atoms. The van der Waals surface area contributed by atoms with Gasteiger partial charge < -0.3 is 19.3 Å². The van der Waals surface area contributed by atoms with Gasteiger partial charge in [0.15, 0.2) is 0 Å². The molecule has 3 aromatic heterocycles. The van der Waals surface area contributed by atoms with Crippen molar-refractivity contribution in [3.05, 3.63) is 51.7 Å². The zero-order valence-electron chi connectivity index (χ0n) is 16.0. The predicted octanol–water partition coefficient (Wildman–Crippen LogP) is 0.321. The topological polar surface area (TPSA) is 120 Å². The highest BCUT2D eigenvalue weighted by atomic mass is 16.5. The van der Waals surface area contributed by atoms with Crippen molar-refractivity contribution in [2.45, 2.75) is 13.0 Å². The van der Waals surface area contributed by atoms with Gasteiger partial charge in [0.2, 0.25) is 0 Å². The molecule has 4 rings (SSSR count). The molecule has 1 aliphatic rings. The summed E-state index contributed by atoms with van der Waals surface area (Å²) in [7, 11) is 2.98. The van der Waals surface area contributed by atoms with Gasteiger partial charge in [-0.15, -0.1) is 0 Å². The molecule has 1 amide bonds. The van der Waals surface area contributed by atoms with Crippen molar-refractivity contribution in [1.29, 1.82) is 0 Å². The van der Waals surface area contributed by atoms with Crippen LogP contribution in [0, 0.1) is 0 Å². The van der Waals surface area contributed by atoms with Crippen LogP contribution in [-0.4, -0.2) is 61.4 Å². The lowest BCUT2D eigenvalue weighted by Gasteiger charge is -2.19. The van der Waals surface area contributed by atoms with Gasteiger partial charge in [-0.25, -0.2) is 4.79 Å². The molecule has 0 spiro atoms. The first kappa shape index (κ1) is 18.7. The first-order valence-corrected chi connectivity index (χ1v) is 9.01. The maximum absolute atomic E-state index is 13.0. The van der Waals surface area contributed by atoms with E-state index >= 15 is 0 Å². The van der Waals surface area contributed by atoms with Gasteiger partial charge in [0.05, 0.1) is 24.4 Å². The summed E-state index contributed by atoms with van der Waals surface area (Å²) in [5.41, 5.74) is 1.73. The Morgan fingerprint density at radius 1 is 1.17 bits per heavy atom. The van der Waals surface area contributed by atoms with Crippen LogP contribution in [0.25, 0.3) is 11.0 Å². The second-order valence-corrected chi connectivity index (χ2v) is 6.77. The molecule has 0 unspecified atom stereocenters. The summed E-state index contributed by atoms with van der Waals surface area (Å²) in [4.78, 5) is 43.3. The summed E-state index contributed by atoms with van der Waals surface area (Å²) in [6, 6.07) is 2.72. The minimum Gasteiger partial charge on any atom is -0.507 e. The minimum atomic E-state index is -0.725. The minimum absolute atomic E-state index is 0.0423. The van der Waals surface area contributed by atoms with E-state index in [9.17, 15) is 19.5 Å². The number of hydrogen-bond donors (Lipinski definition) is 1. The highest BCUT2D eigenvalue weighted by Gasteiger charge is 2.27. The molecule has 0 bridgehead atoms. The van der Waals surface area contributed by atoms with Gasteiger partial charge in [0, 0.05) is 51.1 Å². The van der Waals surface area contributed by atoms with E-state index in [4.69, 9.17) is 4.74 Å². The Kier molecular flexibility index (Phi) is 4.53. The molecule has 3 aromatic rings. The maximum atomic E-state index is 13.0. The summed E-state index contributed by atoms with van der Waals surface area (Å²) >= 11 is 0. The Morgan fingerprint density at radius 2 is 1.97 bits per heavy atom. The lowest BCUT2D eigenvalue weighted by molar-refractivity contribution is 0.0594. The van der Waals surface area contributed by atoms with Crippen LogP contribution >= 0.6 is 0 Å². The van der Waals surface area contributed by atoms with Crippen LogP contribution in [0.4, 0.5) is 0 Å². The Balaban J connectivity index is 1.66. The van der Waals surface area contributed by atoms with E-state index in [1.807, 2.05) is 0 Å². The summed E-state index contributed by atoms with van der Waals surface area (Å²) < 4.78 is 7.79. The van der Waals surface area contributed by atoms with E-state index in [1.54, 1.807) is 28.9 Å². The molecular formula is C19H19N5O5. The molecule has 10 nitrogen and oxygen atoms in total. The van der Waals surface area contributed by atoms with Gasteiger partial charge >= 0.3 is 5.97 Å². The van der Waals surface area contributed by atoms with Crippen LogP contribution in [0.5, 0.6) is 5.75 Å². The molecule has 0 aromatic carbocycles. The fraction of sp³-hybridized carbons (Fsp3) is 0.316. The SMILES string of the molecule is COC(=O)c1c(O)cc(=O)n2c1CCN(C(=O)c1cnc3cnn(C)c3c1)CC2. The van der Waals surface area contributed by atoms with Gasteiger partial charge in [0.25, 0.3) is 11.5 Å². The van der Waals surface area contributed by atoms with Gasteiger partial charge in [-0.1, -0.05) is 0 Å². The summed E-state index contributed by atoms with van der Waals surface area (Å²) in [6.45, 7) is 0.751. The Bertz CT molecular complexity index is 1200. The third-order valence-corrected chi connectivity index (χ3v) is 5.13. The molecule has 0 aliphatic carbocycles. The number of esters is 1. The number of hydrogen-bond acceptors (Lipinski definition) is 7. The molecule has 0 saturated heterocycles. The first-order chi connectivity index (χ1) is 13.9. The number of methoxy groups -OCH3 is 1. The van der Waals surface area contributed by atoms with Crippen molar-refractivity contribution >= 4 is 22.9 Å². The van der Waals surface area contributed by atoms with Crippen molar-refractivity contribution in [3.8, 4) is 5.75 Å². The zero-order valence-corrected chi connectivity index (χ0v) is 16.0. The van der Waals surface area contributed by atoms with Crippen molar-refractivity contribution in [2.24, 2.45) is 7.05 Å². The number of fused-ring (bicyclic) bond motifs is 2. The van der Waals surface area contributed by atoms with Gasteiger partial charge in [-0.05, 0) is 6.07 Å². The van der Waals surface area contributed by atoms with Crippen molar-refractivity contribution in [2.75, 3.05) is 20.2 Å². The number of ether oxygens (including phenoxy) is 1. The van der Waals surface area contributed by atoms with E-state index in [1.165, 1.54) is 17.9 Å². The third kappa shape index (κ3) is 3.12. The van der Waals surface area contributed by atoms with E-state index in [2.05, 4.69) is 10.1 Å². The molecule has 0 radical (unpaired) electrons. The van der Waals surface area contributed by atoms with Gasteiger partial charge in [-0.3, -0.25) is 19.3 Å². The molecule has 1 aliphatic heterocycles. The van der Waals surface area contributed by atoms with E-state index in [0.29, 0.717) is 16.8 Å². The number of amides is 1. The molecular weight excluding hydrogens is 378 g/mol. The number of aryl methyl sites for hydroxylation is 1. The average Bonchev–Trinajstić information content (AvgIpc) is 2.94. The lowest BCUT2D eigenvalue weighted by atomic mass is 10.1. The highest BCUT2D eigenvalue weighted by molar-refractivity contribution is 5.97. The average molecular weight is 397 g/mol. The second-order valence-electron chi connectivity index (χ2n) is 6.77. The number of carbonyl (C=O) groups is 2. The number of nitrogens with zero attached hydrogens (tertiary/aromatic N) is 5. The monoisotopic (exact) mass is 397 g/mol. The second kappa shape index (κ2) is 7.04. The quantitative estimate of drug-likeness (QED) is 0.619. The molecule has 150 valence electrons. The van der Waals surface area contributed by atoms with Crippen LogP contribution in [0.1, 0.15) is 26.4 Å². The normalized spacial score (nSPS) is 13.8. The smallest absolute Gasteiger partial charge is 0.343 e. The number of aromatic hydroxyl groups is 1. The van der Waals surface area contributed by atoms with Gasteiger partial charge in [0.1, 0.15) is 16.8 Å². The van der Waals surface area contributed by atoms with Crippen molar-refractivity contribution < 1.29 is 19.4 Å². The van der Waals surface area contributed by atoms with E-state index in [-0.39, 0.29) is 37.5 Å². The van der Waals surface area contributed by atoms with Crippen molar-refractivity contribution in [3.63, 3.8) is 0 Å². The number of rotatable bonds is 2. The van der Waals surface area contributed by atoms with Gasteiger partial charge in [-0.2, -0.15) is 5.10 Å². The number of pyridine rings is 2. The summed E-state index contributed by atoms with van der Waals surface area (Å²) in [5, 5.41) is 14.2. The largest absolute Gasteiger partial charge is 0.507 e. The molecule has 4 heterocycles. The highest BCUT2D eigenvalue weighted by Crippen LogP contribution is 2.23. The van der Waals surface area contributed by atoms with Crippen LogP contribution in [-0.2, 0) is 24.8 Å². The van der Waals surface area contributed by atoms with E-state index < -0.39 is 17.3 Å². The summed E-state index contributed by atoms with van der Waals surface area (Å²) in [5.74, 6) is -1.37. The number of aromatic nitrogens is 4. The molecule has 0 atom stereocenters. The molecule has 0 saturated carbocycles. The summed E-state index contributed by atoms with van der Waals surface area (Å²) in [6.07, 6.45) is 3.35. The van der Waals surface area contributed by atoms with Crippen LogP contribution in [0.3, 0.4) is 0 Å². The Labute approximate surface area is 164 Å². The first-order valence-electron chi connectivity index (χ1n) is 9.01. The number of carbonyl (C=O) groups excluding carboxylic acids is 2. The van der Waals surface area contributed by atoms with Crippen molar-refractivity contribution in [1.82, 2.24) is 24.2 Å². The fourth-order valence-electron chi connectivity index (χ4n) is 3.61. The molecule has 10 heteroatoms. The molecule has 0 fully saturated rings. The van der Waals surface area contributed by atoms with E-state index in [0.717, 1.165) is 11.6 Å². The van der Waals surface area contributed by atoms with Crippen LogP contribution < -0.4 is 5.56 Å². The van der Waals surface area contributed by atoms with Crippen LogP contribution in [0.2, 0.25) is 0 Å². The lowest BCUT2D eigenvalue weighted by Crippen LogP contribution is -2.34. The molecule has 1 N–H and O–H groups in total. The fourth-order valence-corrected chi connectivity index (χ4v) is 3.61. The standard InChI is InChI=1S/C19H19N5O5/c1-22-14-7-11(9-20-12(14)10-21-22)18(27)23-4-3-13-17(19(28)29-2)15(25)8-16(26)24(13)6-5-23/h7-10,25H,3-6H2,1-2H3. The maximum Gasteiger partial charge on any atom is 0.343 e. The third-order valence-electron chi connectivity index (χ3n) is 5.13. The zero-order chi connectivity index (χ0) is 20.7. The Hall–Kier alpha value is -3.69.